The van der Waals surface area contributed by atoms with Crippen LogP contribution in [0.25, 0.3) is 0 Å². The van der Waals surface area contributed by atoms with Crippen molar-refractivity contribution >= 4 is 0 Å². The van der Waals surface area contributed by atoms with E-state index in [0.29, 0.717) is 12.1 Å². The summed E-state index contributed by atoms with van der Waals surface area (Å²) in [7, 11) is 0. The topological polar surface area (TPSA) is 21.9 Å². The summed E-state index contributed by atoms with van der Waals surface area (Å²) in [6, 6.07) is 11.9. The standard InChI is InChI=1S/C12H15N/c1-2-3-9-11-12(13-11)10-7-5-4-6-8-10/h2,4-8,11-13H,1,3,9H2/t11-,12-/m0/s1. The molecule has 0 radical (unpaired) electrons. The Morgan fingerprint density at radius 1 is 1.31 bits per heavy atom. The van der Waals surface area contributed by atoms with E-state index in [4.69, 9.17) is 0 Å². The van der Waals surface area contributed by atoms with Crippen LogP contribution in [0.4, 0.5) is 0 Å². The lowest BCUT2D eigenvalue weighted by Crippen LogP contribution is -1.88. The van der Waals surface area contributed by atoms with E-state index in [1.165, 1.54) is 12.0 Å². The summed E-state index contributed by atoms with van der Waals surface area (Å²) in [4.78, 5) is 0. The van der Waals surface area contributed by atoms with Gasteiger partial charge in [0.1, 0.15) is 0 Å². The maximum absolute atomic E-state index is 3.73. The molecular formula is C12H15N. The first-order valence-electron chi connectivity index (χ1n) is 4.83. The molecule has 0 bridgehead atoms. The van der Waals surface area contributed by atoms with E-state index >= 15 is 0 Å². The summed E-state index contributed by atoms with van der Waals surface area (Å²) in [6.45, 7) is 3.73. The first kappa shape index (κ1) is 8.52. The Balaban J connectivity index is 1.89. The molecule has 1 heterocycles. The molecule has 13 heavy (non-hydrogen) atoms. The molecule has 1 nitrogen and oxygen atoms in total. The normalized spacial score (nSPS) is 25.5. The van der Waals surface area contributed by atoms with Crippen molar-refractivity contribution in [3.63, 3.8) is 0 Å². The smallest absolute Gasteiger partial charge is 0.0478 e. The highest BCUT2D eigenvalue weighted by molar-refractivity contribution is 5.26. The van der Waals surface area contributed by atoms with E-state index in [0.717, 1.165) is 6.42 Å². The van der Waals surface area contributed by atoms with Gasteiger partial charge in [0.2, 0.25) is 0 Å². The molecule has 0 unspecified atom stereocenters. The minimum atomic E-state index is 0.598. The van der Waals surface area contributed by atoms with E-state index < -0.39 is 0 Å². The molecule has 1 heteroatoms. The number of rotatable bonds is 4. The van der Waals surface area contributed by atoms with Crippen LogP contribution in [-0.4, -0.2) is 6.04 Å². The number of nitrogens with one attached hydrogen (secondary N) is 1. The number of benzene rings is 1. The van der Waals surface area contributed by atoms with Crippen molar-refractivity contribution in [2.24, 2.45) is 0 Å². The molecule has 0 spiro atoms. The Hall–Kier alpha value is -1.08. The molecule has 68 valence electrons. The van der Waals surface area contributed by atoms with Gasteiger partial charge in [-0.1, -0.05) is 36.4 Å². The number of allylic oxidation sites excluding steroid dienone is 1. The Morgan fingerprint density at radius 3 is 2.77 bits per heavy atom. The summed E-state index contributed by atoms with van der Waals surface area (Å²) >= 11 is 0. The predicted molar refractivity (Wildman–Crippen MR) is 55.5 cm³/mol. The lowest BCUT2D eigenvalue weighted by Gasteiger charge is -1.95. The van der Waals surface area contributed by atoms with Crippen molar-refractivity contribution in [2.45, 2.75) is 24.9 Å². The van der Waals surface area contributed by atoms with Crippen molar-refractivity contribution in [2.75, 3.05) is 0 Å². The fourth-order valence-corrected chi connectivity index (χ4v) is 1.71. The van der Waals surface area contributed by atoms with Crippen LogP contribution >= 0.6 is 0 Å². The minimum Gasteiger partial charge on any atom is -0.304 e. The molecule has 0 saturated carbocycles. The average molecular weight is 173 g/mol. The van der Waals surface area contributed by atoms with Crippen molar-refractivity contribution in [1.29, 1.82) is 0 Å². The van der Waals surface area contributed by atoms with Gasteiger partial charge >= 0.3 is 0 Å². The van der Waals surface area contributed by atoms with E-state index in [2.05, 4.69) is 42.2 Å². The van der Waals surface area contributed by atoms with Crippen LogP contribution in [0.1, 0.15) is 24.4 Å². The maximum Gasteiger partial charge on any atom is 0.0478 e. The fraction of sp³-hybridized carbons (Fsp3) is 0.333. The minimum absolute atomic E-state index is 0.598. The van der Waals surface area contributed by atoms with Crippen molar-refractivity contribution in [1.82, 2.24) is 5.32 Å². The maximum atomic E-state index is 3.73. The molecule has 0 amide bonds. The Kier molecular flexibility index (Phi) is 2.46. The summed E-state index contributed by atoms with van der Waals surface area (Å²) in [6.07, 6.45) is 4.31. The first-order chi connectivity index (χ1) is 6.42. The summed E-state index contributed by atoms with van der Waals surface area (Å²) in [5.74, 6) is 0. The van der Waals surface area contributed by atoms with Crippen molar-refractivity contribution in [3.05, 3.63) is 48.6 Å². The van der Waals surface area contributed by atoms with Crippen molar-refractivity contribution in [3.8, 4) is 0 Å². The second-order valence-electron chi connectivity index (χ2n) is 3.53. The van der Waals surface area contributed by atoms with Gasteiger partial charge in [-0.05, 0) is 18.4 Å². The third-order valence-corrected chi connectivity index (χ3v) is 2.53. The molecule has 2 rings (SSSR count). The van der Waals surface area contributed by atoms with Crippen LogP contribution in [-0.2, 0) is 0 Å². The predicted octanol–water partition coefficient (Wildman–Crippen LogP) is 2.67. The zero-order chi connectivity index (χ0) is 9.10. The van der Waals surface area contributed by atoms with E-state index in [-0.39, 0.29) is 0 Å². The van der Waals surface area contributed by atoms with Crippen LogP contribution in [0.3, 0.4) is 0 Å². The molecule has 1 aliphatic heterocycles. The quantitative estimate of drug-likeness (QED) is 0.548. The van der Waals surface area contributed by atoms with Gasteiger partial charge < -0.3 is 5.32 Å². The van der Waals surface area contributed by atoms with Crippen LogP contribution in [0.2, 0.25) is 0 Å². The summed E-state index contributed by atoms with van der Waals surface area (Å²) in [5, 5.41) is 3.47. The van der Waals surface area contributed by atoms with Gasteiger partial charge in [-0.3, -0.25) is 0 Å². The van der Waals surface area contributed by atoms with Gasteiger partial charge in [0, 0.05) is 12.1 Å². The van der Waals surface area contributed by atoms with Crippen LogP contribution in [0.15, 0.2) is 43.0 Å². The van der Waals surface area contributed by atoms with Crippen LogP contribution in [0.5, 0.6) is 0 Å². The third-order valence-electron chi connectivity index (χ3n) is 2.53. The molecular weight excluding hydrogens is 158 g/mol. The van der Waals surface area contributed by atoms with Gasteiger partial charge in [0.25, 0.3) is 0 Å². The summed E-state index contributed by atoms with van der Waals surface area (Å²) in [5.41, 5.74) is 1.41. The number of hydrogen-bond acceptors (Lipinski definition) is 1. The van der Waals surface area contributed by atoms with Crippen LogP contribution in [0, 0.1) is 0 Å². The first-order valence-corrected chi connectivity index (χ1v) is 4.83. The summed E-state index contributed by atoms with van der Waals surface area (Å²) < 4.78 is 0. The molecule has 0 aliphatic carbocycles. The lowest BCUT2D eigenvalue weighted by molar-refractivity contribution is 0.804. The zero-order valence-electron chi connectivity index (χ0n) is 7.74. The third kappa shape index (κ3) is 1.99. The Morgan fingerprint density at radius 2 is 2.08 bits per heavy atom. The molecule has 1 saturated heterocycles. The SMILES string of the molecule is C=CCC[C@@H]1N[C@H]1c1ccccc1. The van der Waals surface area contributed by atoms with Crippen molar-refractivity contribution < 1.29 is 0 Å². The Labute approximate surface area is 79.5 Å². The zero-order valence-corrected chi connectivity index (χ0v) is 7.74. The highest BCUT2D eigenvalue weighted by Gasteiger charge is 2.35. The van der Waals surface area contributed by atoms with Gasteiger partial charge in [-0.25, -0.2) is 0 Å². The van der Waals surface area contributed by atoms with Gasteiger partial charge in [-0.15, -0.1) is 6.58 Å². The molecule has 1 aromatic rings. The number of hydrogen-bond donors (Lipinski definition) is 1. The Bertz CT molecular complexity index is 278. The van der Waals surface area contributed by atoms with E-state index in [1.807, 2.05) is 6.08 Å². The molecule has 0 aromatic heterocycles. The lowest BCUT2D eigenvalue weighted by atomic mass is 10.1. The second kappa shape index (κ2) is 3.75. The molecule has 1 fully saturated rings. The monoisotopic (exact) mass is 173 g/mol. The molecule has 1 aromatic carbocycles. The molecule has 1 N–H and O–H groups in total. The van der Waals surface area contributed by atoms with Gasteiger partial charge in [0.05, 0.1) is 0 Å². The highest BCUT2D eigenvalue weighted by Crippen LogP contribution is 2.32. The van der Waals surface area contributed by atoms with E-state index in [1.54, 1.807) is 0 Å². The second-order valence-corrected chi connectivity index (χ2v) is 3.53. The van der Waals surface area contributed by atoms with Crippen LogP contribution < -0.4 is 5.32 Å². The van der Waals surface area contributed by atoms with Gasteiger partial charge in [-0.2, -0.15) is 0 Å². The van der Waals surface area contributed by atoms with Gasteiger partial charge in [0.15, 0.2) is 0 Å². The molecule has 1 aliphatic rings. The molecule has 2 atom stereocenters. The fourth-order valence-electron chi connectivity index (χ4n) is 1.71. The van der Waals surface area contributed by atoms with E-state index in [9.17, 15) is 0 Å². The highest BCUT2D eigenvalue weighted by atomic mass is 15.1. The average Bonchev–Trinajstić information content (AvgIpc) is 2.95. The largest absolute Gasteiger partial charge is 0.304 e.